The Morgan fingerprint density at radius 3 is 2.52 bits per heavy atom. The van der Waals surface area contributed by atoms with E-state index < -0.39 is 0 Å². The predicted molar refractivity (Wildman–Crippen MR) is 110 cm³/mol. The molecule has 27 heavy (non-hydrogen) atoms. The maximum absolute atomic E-state index is 12.4. The highest BCUT2D eigenvalue weighted by atomic mass is 35.5. The highest BCUT2D eigenvalue weighted by molar-refractivity contribution is 6.30. The van der Waals surface area contributed by atoms with Crippen LogP contribution in [-0.4, -0.2) is 22.4 Å². The van der Waals surface area contributed by atoms with Crippen LogP contribution in [0, 0.1) is 13.8 Å². The third kappa shape index (κ3) is 5.28. The van der Waals surface area contributed by atoms with E-state index in [1.165, 1.54) is 11.8 Å². The van der Waals surface area contributed by atoms with Gasteiger partial charge in [0.15, 0.2) is 0 Å². The smallest absolute Gasteiger partial charge is 0.275 e. The highest BCUT2D eigenvalue weighted by Gasteiger charge is 2.10. The number of nitrogens with one attached hydrogen (secondary N) is 2. The van der Waals surface area contributed by atoms with Gasteiger partial charge >= 0.3 is 0 Å². The summed E-state index contributed by atoms with van der Waals surface area (Å²) in [5.41, 5.74) is 4.33. The van der Waals surface area contributed by atoms with Gasteiger partial charge in [-0.25, -0.2) is 9.97 Å². The van der Waals surface area contributed by atoms with Crippen molar-refractivity contribution in [2.45, 2.75) is 20.3 Å². The number of carbonyl (C=O) groups is 1. The van der Waals surface area contributed by atoms with E-state index in [2.05, 4.69) is 20.6 Å². The van der Waals surface area contributed by atoms with E-state index in [4.69, 9.17) is 11.6 Å². The number of carbonyl (C=O) groups excluding carboxylic acids is 1. The Morgan fingerprint density at radius 2 is 1.81 bits per heavy atom. The lowest BCUT2D eigenvalue weighted by Gasteiger charge is -2.09. The lowest BCUT2D eigenvalue weighted by atomic mass is 10.1. The van der Waals surface area contributed by atoms with Crippen molar-refractivity contribution in [1.82, 2.24) is 9.97 Å². The number of hydrogen-bond acceptors (Lipinski definition) is 4. The average Bonchev–Trinajstić information content (AvgIpc) is 2.67. The van der Waals surface area contributed by atoms with Crippen LogP contribution >= 0.6 is 11.6 Å². The molecule has 2 N–H and O–H groups in total. The summed E-state index contributed by atoms with van der Waals surface area (Å²) in [6.07, 6.45) is 3.89. The van der Waals surface area contributed by atoms with Crippen molar-refractivity contribution < 1.29 is 4.79 Å². The van der Waals surface area contributed by atoms with Crippen LogP contribution in [0.2, 0.25) is 5.02 Å². The molecule has 0 atom stereocenters. The van der Waals surface area contributed by atoms with E-state index in [-0.39, 0.29) is 11.6 Å². The Hall–Kier alpha value is -2.92. The van der Waals surface area contributed by atoms with E-state index in [1.54, 1.807) is 6.20 Å². The molecule has 0 bridgehead atoms. The zero-order valence-electron chi connectivity index (χ0n) is 15.3. The second-order valence-electron chi connectivity index (χ2n) is 6.36. The molecular weight excluding hydrogens is 360 g/mol. The maximum atomic E-state index is 12.4. The number of rotatable bonds is 6. The van der Waals surface area contributed by atoms with Crippen LogP contribution in [-0.2, 0) is 6.42 Å². The SMILES string of the molecule is Cc1ccc(C)c(NC(=O)c2cnc(NCCc3ccc(Cl)cc3)cn2)c1. The fourth-order valence-electron chi connectivity index (χ4n) is 2.58. The number of benzene rings is 2. The molecule has 0 aliphatic carbocycles. The quantitative estimate of drug-likeness (QED) is 0.653. The lowest BCUT2D eigenvalue weighted by Crippen LogP contribution is -2.15. The van der Waals surface area contributed by atoms with Gasteiger partial charge in [0, 0.05) is 17.3 Å². The van der Waals surface area contributed by atoms with Crippen LogP contribution in [0.15, 0.2) is 54.9 Å². The van der Waals surface area contributed by atoms with Crippen molar-refractivity contribution in [3.8, 4) is 0 Å². The summed E-state index contributed by atoms with van der Waals surface area (Å²) in [6, 6.07) is 13.7. The van der Waals surface area contributed by atoms with Gasteiger partial charge in [-0.2, -0.15) is 0 Å². The second kappa shape index (κ2) is 8.64. The predicted octanol–water partition coefficient (Wildman–Crippen LogP) is 4.65. The van der Waals surface area contributed by atoms with Crippen molar-refractivity contribution in [2.75, 3.05) is 17.2 Å². The summed E-state index contributed by atoms with van der Waals surface area (Å²) >= 11 is 5.88. The Kier molecular flexibility index (Phi) is 6.04. The van der Waals surface area contributed by atoms with E-state index in [0.717, 1.165) is 28.3 Å². The molecule has 6 heteroatoms. The van der Waals surface area contributed by atoms with Crippen molar-refractivity contribution in [3.63, 3.8) is 0 Å². The molecule has 3 aromatic rings. The molecule has 0 saturated carbocycles. The second-order valence-corrected chi connectivity index (χ2v) is 6.80. The van der Waals surface area contributed by atoms with Crippen LogP contribution in [0.3, 0.4) is 0 Å². The number of aromatic nitrogens is 2. The monoisotopic (exact) mass is 380 g/mol. The van der Waals surface area contributed by atoms with Crippen LogP contribution < -0.4 is 10.6 Å². The fourth-order valence-corrected chi connectivity index (χ4v) is 2.71. The molecule has 0 aliphatic heterocycles. The summed E-state index contributed by atoms with van der Waals surface area (Å²) in [5.74, 6) is 0.358. The fraction of sp³-hybridized carbons (Fsp3) is 0.190. The van der Waals surface area contributed by atoms with Gasteiger partial charge in [-0.15, -0.1) is 0 Å². The number of anilines is 2. The normalized spacial score (nSPS) is 10.5. The summed E-state index contributed by atoms with van der Waals surface area (Å²) in [7, 11) is 0. The molecule has 0 radical (unpaired) electrons. The molecule has 138 valence electrons. The molecule has 0 aliphatic rings. The molecule has 1 amide bonds. The van der Waals surface area contributed by atoms with Gasteiger partial charge in [0.2, 0.25) is 0 Å². The van der Waals surface area contributed by atoms with Crippen LogP contribution in [0.25, 0.3) is 0 Å². The largest absolute Gasteiger partial charge is 0.368 e. The Bertz CT molecular complexity index is 924. The third-order valence-corrected chi connectivity index (χ3v) is 4.41. The highest BCUT2D eigenvalue weighted by Crippen LogP contribution is 2.17. The standard InChI is InChI=1S/C21H21ClN4O/c1-14-3-4-15(2)18(11-14)26-21(27)19-12-25-20(13-24-19)23-10-9-16-5-7-17(22)8-6-16/h3-8,11-13H,9-10H2,1-2H3,(H,23,25)(H,26,27). The molecule has 0 fully saturated rings. The summed E-state index contributed by atoms with van der Waals surface area (Å²) in [5, 5.41) is 6.81. The van der Waals surface area contributed by atoms with E-state index in [9.17, 15) is 4.79 Å². The van der Waals surface area contributed by atoms with Gasteiger partial charge in [-0.3, -0.25) is 4.79 Å². The number of aryl methyl sites for hydroxylation is 2. The molecule has 3 rings (SSSR count). The van der Waals surface area contributed by atoms with E-state index >= 15 is 0 Å². The molecule has 0 unspecified atom stereocenters. The summed E-state index contributed by atoms with van der Waals surface area (Å²) in [6.45, 7) is 4.65. The molecule has 1 aromatic heterocycles. The van der Waals surface area contributed by atoms with Gasteiger partial charge in [0.25, 0.3) is 5.91 Å². The number of nitrogens with zero attached hydrogens (tertiary/aromatic N) is 2. The van der Waals surface area contributed by atoms with Crippen molar-refractivity contribution in [2.24, 2.45) is 0 Å². The molecule has 0 saturated heterocycles. The average molecular weight is 381 g/mol. The van der Waals surface area contributed by atoms with Crippen LogP contribution in [0.4, 0.5) is 11.5 Å². The van der Waals surface area contributed by atoms with Crippen molar-refractivity contribution in [1.29, 1.82) is 0 Å². The van der Waals surface area contributed by atoms with Gasteiger partial charge < -0.3 is 10.6 Å². The minimum absolute atomic E-state index is 0.274. The Morgan fingerprint density at radius 1 is 1.04 bits per heavy atom. The summed E-state index contributed by atoms with van der Waals surface area (Å²) < 4.78 is 0. The van der Waals surface area contributed by atoms with Gasteiger partial charge in [-0.05, 0) is 55.2 Å². The maximum Gasteiger partial charge on any atom is 0.275 e. The van der Waals surface area contributed by atoms with E-state index in [1.807, 2.05) is 56.3 Å². The number of amides is 1. The topological polar surface area (TPSA) is 66.9 Å². The van der Waals surface area contributed by atoms with Crippen LogP contribution in [0.5, 0.6) is 0 Å². The van der Waals surface area contributed by atoms with Gasteiger partial charge in [0.05, 0.1) is 12.4 Å². The summed E-state index contributed by atoms with van der Waals surface area (Å²) in [4.78, 5) is 20.9. The Balaban J connectivity index is 1.55. The van der Waals surface area contributed by atoms with Crippen LogP contribution in [0.1, 0.15) is 27.2 Å². The third-order valence-electron chi connectivity index (χ3n) is 4.16. The molecular formula is C21H21ClN4O. The van der Waals surface area contributed by atoms with Gasteiger partial charge in [0.1, 0.15) is 11.5 Å². The first-order valence-electron chi connectivity index (χ1n) is 8.70. The van der Waals surface area contributed by atoms with E-state index in [0.29, 0.717) is 12.4 Å². The molecule has 2 aromatic carbocycles. The molecule has 0 spiro atoms. The zero-order valence-corrected chi connectivity index (χ0v) is 16.0. The number of halogens is 1. The van der Waals surface area contributed by atoms with Gasteiger partial charge in [-0.1, -0.05) is 35.9 Å². The minimum atomic E-state index is -0.274. The first-order valence-corrected chi connectivity index (χ1v) is 9.08. The lowest BCUT2D eigenvalue weighted by molar-refractivity contribution is 0.102. The number of hydrogen-bond donors (Lipinski definition) is 2. The zero-order chi connectivity index (χ0) is 19.2. The molecule has 1 heterocycles. The molecule has 5 nitrogen and oxygen atoms in total. The first-order chi connectivity index (χ1) is 13.0. The Labute approximate surface area is 163 Å². The first kappa shape index (κ1) is 18.9. The minimum Gasteiger partial charge on any atom is -0.368 e. The van der Waals surface area contributed by atoms with Crippen molar-refractivity contribution >= 4 is 29.0 Å². The van der Waals surface area contributed by atoms with Crippen molar-refractivity contribution in [3.05, 3.63) is 82.3 Å².